The highest BCUT2D eigenvalue weighted by atomic mass is 32.2. The van der Waals surface area contributed by atoms with Crippen LogP contribution in [0, 0.1) is 0 Å². The number of rotatable bonds is 7. The predicted octanol–water partition coefficient (Wildman–Crippen LogP) is 3.89. The van der Waals surface area contributed by atoms with Crippen LogP contribution >= 0.6 is 23.1 Å². The van der Waals surface area contributed by atoms with E-state index in [0.29, 0.717) is 45.6 Å². The number of urea groups is 1. The van der Waals surface area contributed by atoms with Crippen molar-refractivity contribution < 1.29 is 23.8 Å². The molecule has 0 fully saturated rings. The second kappa shape index (κ2) is 10.9. The number of aromatic nitrogens is 2. The fourth-order valence-electron chi connectivity index (χ4n) is 2.88. The molecule has 0 radical (unpaired) electrons. The zero-order valence-corrected chi connectivity index (χ0v) is 19.3. The number of hydrogen-bond donors (Lipinski definition) is 3. The Hall–Kier alpha value is -3.51. The Morgan fingerprint density at radius 3 is 2.79 bits per heavy atom. The molecular formula is C21H21N5O5S2. The molecule has 0 bridgehead atoms. The van der Waals surface area contributed by atoms with Crippen LogP contribution in [0.4, 0.5) is 21.3 Å². The maximum atomic E-state index is 12.2. The standard InChI is InChI=1S/C21H21N5O5S2/c1-29-15-6-3-2-5-14(15)23-20-25-26-21(33-20)32-12-18(27)24-19(28)22-13-7-8-16-17(11-13)31-10-4-9-30-16/h2-3,5-8,11H,4,9-10,12H2,1H3,(H,23,25)(H2,22,24,27,28). The van der Waals surface area contributed by atoms with Crippen molar-refractivity contribution in [2.24, 2.45) is 0 Å². The molecule has 2 heterocycles. The summed E-state index contributed by atoms with van der Waals surface area (Å²) < 4.78 is 17.1. The molecule has 172 valence electrons. The SMILES string of the molecule is COc1ccccc1Nc1nnc(SCC(=O)NC(=O)Nc2ccc3c(c2)OCCCO3)s1. The molecule has 1 aliphatic rings. The van der Waals surface area contributed by atoms with Gasteiger partial charge in [0.1, 0.15) is 5.75 Å². The third-order valence-corrected chi connectivity index (χ3v) is 6.31. The zero-order valence-electron chi connectivity index (χ0n) is 17.6. The quantitative estimate of drug-likeness (QED) is 0.426. The molecule has 0 unspecified atom stereocenters. The van der Waals surface area contributed by atoms with Gasteiger partial charge in [-0.15, -0.1) is 10.2 Å². The minimum absolute atomic E-state index is 0.0118. The molecule has 0 saturated heterocycles. The zero-order chi connectivity index (χ0) is 23.0. The van der Waals surface area contributed by atoms with E-state index < -0.39 is 11.9 Å². The normalized spacial score (nSPS) is 12.4. The Balaban J connectivity index is 1.25. The number of methoxy groups -OCH3 is 1. The van der Waals surface area contributed by atoms with E-state index in [0.717, 1.165) is 12.1 Å². The Kier molecular flexibility index (Phi) is 7.47. The first-order valence-corrected chi connectivity index (χ1v) is 11.8. The largest absolute Gasteiger partial charge is 0.495 e. The van der Waals surface area contributed by atoms with Crippen LogP contribution in [0.25, 0.3) is 0 Å². The summed E-state index contributed by atoms with van der Waals surface area (Å²) >= 11 is 2.48. The molecule has 3 amide bonds. The fraction of sp³-hybridized carbons (Fsp3) is 0.238. The smallest absolute Gasteiger partial charge is 0.325 e. The maximum absolute atomic E-state index is 12.2. The Labute approximate surface area is 198 Å². The van der Waals surface area contributed by atoms with Gasteiger partial charge in [-0.1, -0.05) is 35.2 Å². The number of imide groups is 1. The first kappa shape index (κ1) is 22.7. The van der Waals surface area contributed by atoms with Crippen molar-refractivity contribution in [3.63, 3.8) is 0 Å². The third kappa shape index (κ3) is 6.26. The summed E-state index contributed by atoms with van der Waals surface area (Å²) in [4.78, 5) is 24.3. The van der Waals surface area contributed by atoms with E-state index in [-0.39, 0.29) is 5.75 Å². The summed E-state index contributed by atoms with van der Waals surface area (Å²) in [6, 6.07) is 11.9. The number of thioether (sulfide) groups is 1. The highest BCUT2D eigenvalue weighted by Crippen LogP contribution is 2.33. The summed E-state index contributed by atoms with van der Waals surface area (Å²) in [5.74, 6) is 1.42. The highest BCUT2D eigenvalue weighted by molar-refractivity contribution is 8.01. The van der Waals surface area contributed by atoms with Crippen molar-refractivity contribution in [2.75, 3.05) is 36.7 Å². The molecule has 4 rings (SSSR count). The maximum Gasteiger partial charge on any atom is 0.325 e. The van der Waals surface area contributed by atoms with Gasteiger partial charge in [0, 0.05) is 18.2 Å². The average molecular weight is 488 g/mol. The molecule has 0 saturated carbocycles. The molecule has 1 aromatic heterocycles. The minimum atomic E-state index is -0.633. The number of nitrogens with zero attached hydrogens (tertiary/aromatic N) is 2. The van der Waals surface area contributed by atoms with Crippen LogP contribution in [0.1, 0.15) is 6.42 Å². The Morgan fingerprint density at radius 2 is 1.94 bits per heavy atom. The number of para-hydroxylation sites is 2. The van der Waals surface area contributed by atoms with Gasteiger partial charge in [0.15, 0.2) is 15.8 Å². The molecule has 3 N–H and O–H groups in total. The van der Waals surface area contributed by atoms with Gasteiger partial charge in [-0.2, -0.15) is 0 Å². The first-order chi connectivity index (χ1) is 16.1. The molecule has 0 atom stereocenters. The lowest BCUT2D eigenvalue weighted by atomic mass is 10.3. The van der Waals surface area contributed by atoms with Crippen LogP contribution in [0.2, 0.25) is 0 Å². The van der Waals surface area contributed by atoms with Crippen molar-refractivity contribution in [1.82, 2.24) is 15.5 Å². The number of anilines is 3. The van der Waals surface area contributed by atoms with E-state index in [9.17, 15) is 9.59 Å². The van der Waals surface area contributed by atoms with E-state index in [1.807, 2.05) is 24.3 Å². The molecule has 1 aliphatic heterocycles. The lowest BCUT2D eigenvalue weighted by molar-refractivity contribution is -0.117. The monoisotopic (exact) mass is 487 g/mol. The third-order valence-electron chi connectivity index (χ3n) is 4.34. The van der Waals surface area contributed by atoms with Crippen molar-refractivity contribution >= 4 is 51.5 Å². The van der Waals surface area contributed by atoms with Gasteiger partial charge in [0.25, 0.3) is 0 Å². The summed E-state index contributed by atoms with van der Waals surface area (Å²) in [7, 11) is 1.59. The van der Waals surface area contributed by atoms with Crippen molar-refractivity contribution in [3.8, 4) is 17.2 Å². The first-order valence-electron chi connectivity index (χ1n) is 9.97. The van der Waals surface area contributed by atoms with Gasteiger partial charge in [-0.3, -0.25) is 10.1 Å². The predicted molar refractivity (Wildman–Crippen MR) is 126 cm³/mol. The second-order valence-electron chi connectivity index (χ2n) is 6.70. The Morgan fingerprint density at radius 1 is 1.12 bits per heavy atom. The van der Waals surface area contributed by atoms with Crippen LogP contribution in [-0.4, -0.2) is 48.2 Å². The van der Waals surface area contributed by atoms with Crippen molar-refractivity contribution in [2.45, 2.75) is 10.8 Å². The molecule has 0 spiro atoms. The van der Waals surface area contributed by atoms with Crippen molar-refractivity contribution in [1.29, 1.82) is 0 Å². The molecule has 33 heavy (non-hydrogen) atoms. The number of benzene rings is 2. The number of ether oxygens (including phenoxy) is 3. The van der Waals surface area contributed by atoms with E-state index in [2.05, 4.69) is 26.1 Å². The number of hydrogen-bond acceptors (Lipinski definition) is 10. The molecule has 12 heteroatoms. The number of carbonyl (C=O) groups excluding carboxylic acids is 2. The van der Waals surface area contributed by atoms with Crippen molar-refractivity contribution in [3.05, 3.63) is 42.5 Å². The number of amides is 3. The van der Waals surface area contributed by atoms with Gasteiger partial charge in [-0.05, 0) is 24.3 Å². The average Bonchev–Trinajstić information content (AvgIpc) is 3.12. The van der Waals surface area contributed by atoms with Crippen LogP contribution in [0.3, 0.4) is 0 Å². The summed E-state index contributed by atoms with van der Waals surface area (Å²) in [6.07, 6.45) is 0.788. The lowest BCUT2D eigenvalue weighted by Gasteiger charge is -2.10. The van der Waals surface area contributed by atoms with Gasteiger partial charge >= 0.3 is 6.03 Å². The van der Waals surface area contributed by atoms with Crippen LogP contribution in [-0.2, 0) is 4.79 Å². The topological polar surface area (TPSA) is 124 Å². The van der Waals surface area contributed by atoms with E-state index >= 15 is 0 Å². The molecular weight excluding hydrogens is 466 g/mol. The second-order valence-corrected chi connectivity index (χ2v) is 8.90. The van der Waals surface area contributed by atoms with Crippen LogP contribution in [0.15, 0.2) is 46.8 Å². The van der Waals surface area contributed by atoms with Gasteiger partial charge < -0.3 is 24.8 Å². The molecule has 3 aromatic rings. The van der Waals surface area contributed by atoms with Crippen LogP contribution in [0.5, 0.6) is 17.2 Å². The number of fused-ring (bicyclic) bond motifs is 1. The highest BCUT2D eigenvalue weighted by Gasteiger charge is 2.14. The summed E-state index contributed by atoms with van der Waals surface area (Å²) in [6.45, 7) is 1.12. The summed E-state index contributed by atoms with van der Waals surface area (Å²) in [5, 5.41) is 16.7. The van der Waals surface area contributed by atoms with E-state index in [4.69, 9.17) is 14.2 Å². The number of carbonyl (C=O) groups is 2. The van der Waals surface area contributed by atoms with Gasteiger partial charge in [0.2, 0.25) is 11.0 Å². The Bertz CT molecular complexity index is 1140. The molecule has 0 aliphatic carbocycles. The fourth-order valence-corrected chi connectivity index (χ4v) is 4.44. The summed E-state index contributed by atoms with van der Waals surface area (Å²) in [5.41, 5.74) is 1.25. The van der Waals surface area contributed by atoms with Gasteiger partial charge in [-0.25, -0.2) is 4.79 Å². The van der Waals surface area contributed by atoms with Crippen LogP contribution < -0.4 is 30.2 Å². The minimum Gasteiger partial charge on any atom is -0.495 e. The number of nitrogens with one attached hydrogen (secondary N) is 3. The van der Waals surface area contributed by atoms with Gasteiger partial charge in [0.05, 0.1) is 31.8 Å². The lowest BCUT2D eigenvalue weighted by Crippen LogP contribution is -2.35. The van der Waals surface area contributed by atoms with E-state index in [1.54, 1.807) is 25.3 Å². The molecule has 10 nitrogen and oxygen atoms in total. The molecule has 2 aromatic carbocycles. The van der Waals surface area contributed by atoms with E-state index in [1.165, 1.54) is 23.1 Å².